The first kappa shape index (κ1) is 18.7. The minimum Gasteiger partial charge on any atom is -0.496 e. The van der Waals surface area contributed by atoms with E-state index in [0.29, 0.717) is 12.5 Å². The minimum absolute atomic E-state index is 0.200. The summed E-state index contributed by atoms with van der Waals surface area (Å²) in [6, 6.07) is 12.6. The van der Waals surface area contributed by atoms with Crippen LogP contribution >= 0.6 is 11.3 Å². The molecule has 1 aliphatic heterocycles. The molecule has 5 nitrogen and oxygen atoms in total. The smallest absolute Gasteiger partial charge is 0.188 e. The fraction of sp³-hybridized carbons (Fsp3) is 0.450. The number of ether oxygens (including phenoxy) is 1. The number of thiophene rings is 1. The third-order valence-electron chi connectivity index (χ3n) is 4.77. The predicted molar refractivity (Wildman–Crippen MR) is 109 cm³/mol. The lowest BCUT2D eigenvalue weighted by molar-refractivity contribution is 0.245. The molecule has 0 amide bonds. The van der Waals surface area contributed by atoms with E-state index in [1.54, 1.807) is 18.4 Å². The highest BCUT2D eigenvalue weighted by Gasteiger charge is 2.25. The van der Waals surface area contributed by atoms with E-state index in [1.165, 1.54) is 23.3 Å². The van der Waals surface area contributed by atoms with E-state index in [0.717, 1.165) is 31.8 Å². The number of likely N-dealkylation sites (tertiary alicyclic amines) is 1. The van der Waals surface area contributed by atoms with Gasteiger partial charge in [0, 0.05) is 17.0 Å². The summed E-state index contributed by atoms with van der Waals surface area (Å²) in [5, 5.41) is 5.33. The Bertz CT molecular complexity index is 696. The van der Waals surface area contributed by atoms with Gasteiger partial charge >= 0.3 is 0 Å². The maximum atomic E-state index is 6.10. The fourth-order valence-corrected chi connectivity index (χ4v) is 4.12. The zero-order valence-electron chi connectivity index (χ0n) is 15.4. The molecule has 1 unspecified atom stereocenters. The highest BCUT2D eigenvalue weighted by Crippen LogP contribution is 2.31. The summed E-state index contributed by atoms with van der Waals surface area (Å²) in [6.07, 6.45) is 3.45. The normalized spacial score (nSPS) is 16.6. The monoisotopic (exact) mass is 372 g/mol. The summed E-state index contributed by atoms with van der Waals surface area (Å²) in [7, 11) is 1.73. The Morgan fingerprint density at radius 2 is 2.08 bits per heavy atom. The van der Waals surface area contributed by atoms with Crippen molar-refractivity contribution < 1.29 is 4.74 Å². The Hall–Kier alpha value is -2.05. The maximum absolute atomic E-state index is 6.10. The Kier molecular flexibility index (Phi) is 6.91. The van der Waals surface area contributed by atoms with Gasteiger partial charge in [0.15, 0.2) is 5.96 Å². The topological polar surface area (TPSA) is 62.9 Å². The zero-order chi connectivity index (χ0) is 18.2. The molecule has 140 valence electrons. The van der Waals surface area contributed by atoms with Gasteiger partial charge in [0.25, 0.3) is 0 Å². The Labute approximate surface area is 159 Å². The van der Waals surface area contributed by atoms with Crippen LogP contribution < -0.4 is 15.8 Å². The van der Waals surface area contributed by atoms with Crippen molar-refractivity contribution in [2.24, 2.45) is 10.7 Å². The molecule has 0 spiro atoms. The average molecular weight is 373 g/mol. The van der Waals surface area contributed by atoms with E-state index in [-0.39, 0.29) is 6.04 Å². The quantitative estimate of drug-likeness (QED) is 0.552. The number of guanidine groups is 1. The largest absolute Gasteiger partial charge is 0.496 e. The molecule has 6 heteroatoms. The van der Waals surface area contributed by atoms with E-state index in [2.05, 4.69) is 44.9 Å². The lowest BCUT2D eigenvalue weighted by atomic mass is 10.0. The minimum atomic E-state index is 0.200. The molecule has 3 N–H and O–H groups in total. The molecular weight excluding hydrogens is 344 g/mol. The summed E-state index contributed by atoms with van der Waals surface area (Å²) in [5.74, 6) is 1.43. The van der Waals surface area contributed by atoms with Crippen LogP contribution in [0.5, 0.6) is 5.75 Å². The summed E-state index contributed by atoms with van der Waals surface area (Å²) in [4.78, 5) is 8.47. The molecule has 0 bridgehead atoms. The number of nitrogens with zero attached hydrogens (tertiary/aromatic N) is 2. The van der Waals surface area contributed by atoms with Gasteiger partial charge < -0.3 is 15.8 Å². The maximum Gasteiger partial charge on any atom is 0.188 e. The van der Waals surface area contributed by atoms with Gasteiger partial charge in [0.2, 0.25) is 0 Å². The summed E-state index contributed by atoms with van der Waals surface area (Å²) in [5.41, 5.74) is 7.29. The molecule has 2 aromatic rings. The third-order valence-corrected chi connectivity index (χ3v) is 5.71. The van der Waals surface area contributed by atoms with Gasteiger partial charge in [-0.3, -0.25) is 9.89 Å². The van der Waals surface area contributed by atoms with E-state index in [4.69, 9.17) is 10.5 Å². The molecule has 0 aliphatic carbocycles. The Balaban J connectivity index is 1.63. The predicted octanol–water partition coefficient (Wildman–Crippen LogP) is 3.04. The number of rotatable bonds is 8. The van der Waals surface area contributed by atoms with Crippen molar-refractivity contribution in [2.75, 3.05) is 33.3 Å². The second-order valence-electron chi connectivity index (χ2n) is 6.48. The number of para-hydroxylation sites is 1. The van der Waals surface area contributed by atoms with E-state index in [1.807, 2.05) is 12.1 Å². The average Bonchev–Trinajstić information content (AvgIpc) is 3.36. The van der Waals surface area contributed by atoms with Crippen molar-refractivity contribution in [1.82, 2.24) is 10.2 Å². The number of nitrogens with two attached hydrogens (primary N) is 1. The van der Waals surface area contributed by atoms with Gasteiger partial charge in [-0.15, -0.1) is 11.3 Å². The van der Waals surface area contributed by atoms with Crippen LogP contribution in [0, 0.1) is 0 Å². The van der Waals surface area contributed by atoms with Gasteiger partial charge in [0.1, 0.15) is 5.75 Å². The highest BCUT2D eigenvalue weighted by molar-refractivity contribution is 7.09. The second kappa shape index (κ2) is 9.59. The van der Waals surface area contributed by atoms with Gasteiger partial charge in [-0.05, 0) is 49.9 Å². The lowest BCUT2D eigenvalue weighted by Gasteiger charge is -2.28. The molecule has 2 heterocycles. The van der Waals surface area contributed by atoms with Crippen LogP contribution in [0.4, 0.5) is 0 Å². The Morgan fingerprint density at radius 3 is 2.81 bits per heavy atom. The summed E-state index contributed by atoms with van der Waals surface area (Å²) >= 11 is 1.77. The first-order valence-corrected chi connectivity index (χ1v) is 10.1. The molecule has 26 heavy (non-hydrogen) atoms. The SMILES string of the molecule is COc1ccccc1C(CN=C(N)NCCc1cccs1)N1CCCC1. The molecule has 1 saturated heterocycles. The van der Waals surface area contributed by atoms with Gasteiger partial charge in [-0.25, -0.2) is 0 Å². The van der Waals surface area contributed by atoms with Crippen molar-refractivity contribution in [3.63, 3.8) is 0 Å². The van der Waals surface area contributed by atoms with Crippen molar-refractivity contribution in [3.8, 4) is 5.75 Å². The molecule has 0 radical (unpaired) electrons. The molecule has 1 aliphatic rings. The van der Waals surface area contributed by atoms with Crippen molar-refractivity contribution >= 4 is 17.3 Å². The van der Waals surface area contributed by atoms with Crippen LogP contribution in [0.25, 0.3) is 0 Å². The van der Waals surface area contributed by atoms with E-state index < -0.39 is 0 Å². The second-order valence-corrected chi connectivity index (χ2v) is 7.52. The van der Waals surface area contributed by atoms with Crippen molar-refractivity contribution in [3.05, 3.63) is 52.2 Å². The third kappa shape index (κ3) is 4.99. The van der Waals surface area contributed by atoms with Crippen LogP contribution in [-0.2, 0) is 6.42 Å². The van der Waals surface area contributed by atoms with E-state index in [9.17, 15) is 0 Å². The first-order valence-electron chi connectivity index (χ1n) is 9.21. The fourth-order valence-electron chi connectivity index (χ4n) is 3.41. The van der Waals surface area contributed by atoms with Crippen molar-refractivity contribution in [1.29, 1.82) is 0 Å². The number of hydrogen-bond donors (Lipinski definition) is 2. The molecule has 1 fully saturated rings. The van der Waals surface area contributed by atoms with E-state index >= 15 is 0 Å². The van der Waals surface area contributed by atoms with Crippen LogP contribution in [0.15, 0.2) is 46.8 Å². The molecule has 1 atom stereocenters. The highest BCUT2D eigenvalue weighted by atomic mass is 32.1. The molecule has 1 aromatic carbocycles. The van der Waals surface area contributed by atoms with Crippen LogP contribution in [0.2, 0.25) is 0 Å². The standard InChI is InChI=1S/C20H28N4OS/c1-25-19-9-3-2-8-17(19)18(24-12-4-5-13-24)15-23-20(21)22-11-10-16-7-6-14-26-16/h2-3,6-9,14,18H,4-5,10-13,15H2,1H3,(H3,21,22,23). The van der Waals surface area contributed by atoms with Crippen LogP contribution in [0.3, 0.4) is 0 Å². The van der Waals surface area contributed by atoms with Crippen LogP contribution in [0.1, 0.15) is 29.3 Å². The number of aliphatic imine (C=N–C) groups is 1. The number of nitrogens with one attached hydrogen (secondary N) is 1. The number of hydrogen-bond acceptors (Lipinski definition) is 4. The van der Waals surface area contributed by atoms with Crippen LogP contribution in [-0.4, -0.2) is 44.1 Å². The Morgan fingerprint density at radius 1 is 1.27 bits per heavy atom. The van der Waals surface area contributed by atoms with Gasteiger partial charge in [-0.1, -0.05) is 24.3 Å². The lowest BCUT2D eigenvalue weighted by Crippen LogP contribution is -2.35. The zero-order valence-corrected chi connectivity index (χ0v) is 16.2. The van der Waals surface area contributed by atoms with Gasteiger partial charge in [0.05, 0.1) is 19.7 Å². The number of benzene rings is 1. The number of methoxy groups -OCH3 is 1. The molecule has 3 rings (SSSR count). The van der Waals surface area contributed by atoms with Crippen molar-refractivity contribution in [2.45, 2.75) is 25.3 Å². The molecule has 1 aromatic heterocycles. The summed E-state index contributed by atoms with van der Waals surface area (Å²) in [6.45, 7) is 3.64. The van der Waals surface area contributed by atoms with Gasteiger partial charge in [-0.2, -0.15) is 0 Å². The summed E-state index contributed by atoms with van der Waals surface area (Å²) < 4.78 is 5.58. The molecule has 0 saturated carbocycles. The first-order chi connectivity index (χ1) is 12.8. The molecular formula is C20H28N4OS.